The third-order valence-electron chi connectivity index (χ3n) is 3.98. The summed E-state index contributed by atoms with van der Waals surface area (Å²) in [5, 5.41) is 3.01. The summed E-state index contributed by atoms with van der Waals surface area (Å²) in [7, 11) is 0. The van der Waals surface area contributed by atoms with Crippen LogP contribution in [0.15, 0.2) is 18.2 Å². The van der Waals surface area contributed by atoms with Gasteiger partial charge in [-0.2, -0.15) is 0 Å². The summed E-state index contributed by atoms with van der Waals surface area (Å²) in [5.41, 5.74) is 1.23. The highest BCUT2D eigenvalue weighted by atomic mass is 16.6. The van der Waals surface area contributed by atoms with Crippen molar-refractivity contribution in [3.8, 4) is 11.5 Å². The molecule has 1 N–H and O–H groups in total. The van der Waals surface area contributed by atoms with Gasteiger partial charge in [0.1, 0.15) is 13.2 Å². The van der Waals surface area contributed by atoms with E-state index in [0.29, 0.717) is 25.0 Å². The molecule has 1 aromatic carbocycles. The van der Waals surface area contributed by atoms with Crippen molar-refractivity contribution in [3.63, 3.8) is 0 Å². The van der Waals surface area contributed by atoms with Gasteiger partial charge >= 0.3 is 0 Å². The lowest BCUT2D eigenvalue weighted by Gasteiger charge is -2.21. The Kier molecular flexibility index (Phi) is 3.55. The van der Waals surface area contributed by atoms with E-state index in [4.69, 9.17) is 9.47 Å². The molecular formula is C16H21NO3. The summed E-state index contributed by atoms with van der Waals surface area (Å²) in [6.07, 6.45) is 1.11. The van der Waals surface area contributed by atoms with Crippen LogP contribution in [0.3, 0.4) is 0 Å². The average molecular weight is 275 g/mol. The highest BCUT2D eigenvalue weighted by molar-refractivity contribution is 5.77. The fraction of sp³-hybridized carbons (Fsp3) is 0.562. The number of ether oxygens (including phenoxy) is 2. The number of hydrogen-bond donors (Lipinski definition) is 1. The summed E-state index contributed by atoms with van der Waals surface area (Å²) in [4.78, 5) is 11.6. The van der Waals surface area contributed by atoms with E-state index in [0.717, 1.165) is 24.5 Å². The van der Waals surface area contributed by atoms with Gasteiger partial charge in [-0.1, -0.05) is 26.0 Å². The molecule has 2 atom stereocenters. The van der Waals surface area contributed by atoms with Crippen LogP contribution in [0.25, 0.3) is 0 Å². The summed E-state index contributed by atoms with van der Waals surface area (Å²) in [6.45, 7) is 5.82. The fourth-order valence-corrected chi connectivity index (χ4v) is 2.68. The van der Waals surface area contributed by atoms with Crippen molar-refractivity contribution in [1.82, 2.24) is 5.32 Å². The van der Waals surface area contributed by atoms with E-state index in [1.807, 2.05) is 26.0 Å². The van der Waals surface area contributed by atoms with E-state index in [1.165, 1.54) is 5.56 Å². The number of fused-ring (bicyclic) bond motifs is 1. The van der Waals surface area contributed by atoms with Crippen molar-refractivity contribution in [2.24, 2.45) is 11.8 Å². The SMILES string of the molecule is CC(C)C(=O)NCC1CC1c1cccc2c1OCCO2. The Bertz CT molecular complexity index is 512. The van der Waals surface area contributed by atoms with Crippen molar-refractivity contribution in [3.05, 3.63) is 23.8 Å². The number of carbonyl (C=O) groups is 1. The Balaban J connectivity index is 1.63. The van der Waals surface area contributed by atoms with Crippen molar-refractivity contribution in [2.45, 2.75) is 26.2 Å². The van der Waals surface area contributed by atoms with E-state index in [-0.39, 0.29) is 11.8 Å². The molecule has 1 amide bonds. The number of rotatable bonds is 4. The maximum Gasteiger partial charge on any atom is 0.222 e. The van der Waals surface area contributed by atoms with E-state index in [9.17, 15) is 4.79 Å². The lowest BCUT2D eigenvalue weighted by atomic mass is 10.1. The monoisotopic (exact) mass is 275 g/mol. The van der Waals surface area contributed by atoms with Crippen molar-refractivity contribution in [2.75, 3.05) is 19.8 Å². The van der Waals surface area contributed by atoms with Crippen LogP contribution in [-0.4, -0.2) is 25.7 Å². The first-order valence-corrected chi connectivity index (χ1v) is 7.33. The minimum absolute atomic E-state index is 0.0495. The van der Waals surface area contributed by atoms with Gasteiger partial charge in [-0.3, -0.25) is 4.79 Å². The van der Waals surface area contributed by atoms with Gasteiger partial charge < -0.3 is 14.8 Å². The Morgan fingerprint density at radius 1 is 1.35 bits per heavy atom. The van der Waals surface area contributed by atoms with Crippen LogP contribution in [0.2, 0.25) is 0 Å². The van der Waals surface area contributed by atoms with Gasteiger partial charge in [0.25, 0.3) is 0 Å². The lowest BCUT2D eigenvalue weighted by molar-refractivity contribution is -0.124. The van der Waals surface area contributed by atoms with E-state index < -0.39 is 0 Å². The van der Waals surface area contributed by atoms with Crippen molar-refractivity contribution in [1.29, 1.82) is 0 Å². The second-order valence-corrected chi connectivity index (χ2v) is 5.87. The minimum Gasteiger partial charge on any atom is -0.486 e. The molecule has 1 fully saturated rings. The summed E-state index contributed by atoms with van der Waals surface area (Å²) in [6, 6.07) is 6.09. The van der Waals surface area contributed by atoms with Crippen LogP contribution in [0.5, 0.6) is 11.5 Å². The molecule has 0 bridgehead atoms. The minimum atomic E-state index is 0.0495. The third kappa shape index (κ3) is 2.60. The molecule has 1 aliphatic carbocycles. The van der Waals surface area contributed by atoms with Crippen molar-refractivity contribution < 1.29 is 14.3 Å². The molecular weight excluding hydrogens is 254 g/mol. The summed E-state index contributed by atoms with van der Waals surface area (Å²) in [5.74, 6) is 2.94. The Morgan fingerprint density at radius 3 is 2.95 bits per heavy atom. The van der Waals surface area contributed by atoms with Gasteiger partial charge in [0, 0.05) is 18.0 Å². The maximum atomic E-state index is 11.6. The van der Waals surface area contributed by atoms with Gasteiger partial charge in [-0.25, -0.2) is 0 Å². The molecule has 1 heterocycles. The molecule has 4 heteroatoms. The molecule has 3 rings (SSSR count). The van der Waals surface area contributed by atoms with Crippen LogP contribution in [0.4, 0.5) is 0 Å². The number of nitrogens with one attached hydrogen (secondary N) is 1. The number of carbonyl (C=O) groups excluding carboxylic acids is 1. The Morgan fingerprint density at radius 2 is 2.15 bits per heavy atom. The number of amides is 1. The molecule has 0 saturated heterocycles. The predicted molar refractivity (Wildman–Crippen MR) is 76.1 cm³/mol. The number of hydrogen-bond acceptors (Lipinski definition) is 3. The topological polar surface area (TPSA) is 47.6 Å². The number of benzene rings is 1. The molecule has 0 spiro atoms. The molecule has 2 unspecified atom stereocenters. The maximum absolute atomic E-state index is 11.6. The largest absolute Gasteiger partial charge is 0.486 e. The molecule has 1 aliphatic heterocycles. The molecule has 20 heavy (non-hydrogen) atoms. The van der Waals surface area contributed by atoms with Crippen molar-refractivity contribution >= 4 is 5.91 Å². The van der Waals surface area contributed by atoms with Gasteiger partial charge in [-0.05, 0) is 24.3 Å². The predicted octanol–water partition coefficient (Wildman–Crippen LogP) is 2.33. The standard InChI is InChI=1S/C16H21NO3/c1-10(2)16(18)17-9-11-8-13(11)12-4-3-5-14-15(12)20-7-6-19-14/h3-5,10-11,13H,6-9H2,1-2H3,(H,17,18). The second kappa shape index (κ2) is 5.35. The van der Waals surface area contributed by atoms with Crippen LogP contribution in [0.1, 0.15) is 31.7 Å². The zero-order valence-electron chi connectivity index (χ0n) is 12.0. The highest BCUT2D eigenvalue weighted by Crippen LogP contribution is 2.52. The van der Waals surface area contributed by atoms with Gasteiger partial charge in [0.2, 0.25) is 5.91 Å². The first kappa shape index (κ1) is 13.3. The molecule has 108 valence electrons. The highest BCUT2D eigenvalue weighted by Gasteiger charge is 2.41. The first-order chi connectivity index (χ1) is 9.66. The normalized spacial score (nSPS) is 23.6. The molecule has 1 aromatic rings. The van der Waals surface area contributed by atoms with Gasteiger partial charge in [-0.15, -0.1) is 0 Å². The van der Waals surface area contributed by atoms with Crippen LogP contribution >= 0.6 is 0 Å². The molecule has 4 nitrogen and oxygen atoms in total. The zero-order valence-corrected chi connectivity index (χ0v) is 12.0. The quantitative estimate of drug-likeness (QED) is 0.917. The summed E-state index contributed by atoms with van der Waals surface area (Å²) >= 11 is 0. The van der Waals surface area contributed by atoms with E-state index in [2.05, 4.69) is 11.4 Å². The molecule has 0 aromatic heterocycles. The molecule has 1 saturated carbocycles. The smallest absolute Gasteiger partial charge is 0.222 e. The van der Waals surface area contributed by atoms with Crippen LogP contribution in [0, 0.1) is 11.8 Å². The Hall–Kier alpha value is -1.71. The average Bonchev–Trinajstić information content (AvgIpc) is 3.23. The molecule has 0 radical (unpaired) electrons. The lowest BCUT2D eigenvalue weighted by Crippen LogP contribution is -2.29. The zero-order chi connectivity index (χ0) is 14.1. The molecule has 2 aliphatic rings. The third-order valence-corrected chi connectivity index (χ3v) is 3.98. The fourth-order valence-electron chi connectivity index (χ4n) is 2.68. The Labute approximate surface area is 119 Å². The van der Waals surface area contributed by atoms with E-state index in [1.54, 1.807) is 0 Å². The van der Waals surface area contributed by atoms with Crippen LogP contribution in [-0.2, 0) is 4.79 Å². The summed E-state index contributed by atoms with van der Waals surface area (Å²) < 4.78 is 11.4. The number of para-hydroxylation sites is 1. The van der Waals surface area contributed by atoms with Gasteiger partial charge in [0.15, 0.2) is 11.5 Å². The van der Waals surface area contributed by atoms with Crippen LogP contribution < -0.4 is 14.8 Å². The van der Waals surface area contributed by atoms with Gasteiger partial charge in [0.05, 0.1) is 0 Å². The second-order valence-electron chi connectivity index (χ2n) is 5.87. The first-order valence-electron chi connectivity index (χ1n) is 7.33. The van der Waals surface area contributed by atoms with E-state index >= 15 is 0 Å².